The molecule has 1 fully saturated rings. The smallest absolute Gasteiger partial charge is 0.262 e. The van der Waals surface area contributed by atoms with Crippen LogP contribution in [0.15, 0.2) is 48.5 Å². The zero-order chi connectivity index (χ0) is 22.9. The number of hydrogen-bond donors (Lipinski definition) is 2. The van der Waals surface area contributed by atoms with Crippen molar-refractivity contribution in [2.24, 2.45) is 5.92 Å². The van der Waals surface area contributed by atoms with Gasteiger partial charge in [-0.25, -0.2) is 0 Å². The van der Waals surface area contributed by atoms with Crippen LogP contribution < -0.4 is 20.3 Å². The van der Waals surface area contributed by atoms with Gasteiger partial charge in [0.05, 0.1) is 5.92 Å². The summed E-state index contributed by atoms with van der Waals surface area (Å²) in [6.07, 6.45) is 0.921. The van der Waals surface area contributed by atoms with Gasteiger partial charge >= 0.3 is 0 Å². The summed E-state index contributed by atoms with van der Waals surface area (Å²) in [4.78, 5) is 38.4. The number of rotatable bonds is 10. The summed E-state index contributed by atoms with van der Waals surface area (Å²) in [6.45, 7) is 3.31. The second-order valence-electron chi connectivity index (χ2n) is 7.74. The van der Waals surface area contributed by atoms with Crippen LogP contribution in [0.2, 0.25) is 0 Å². The fourth-order valence-corrected chi connectivity index (χ4v) is 3.41. The van der Waals surface area contributed by atoms with E-state index < -0.39 is 0 Å². The van der Waals surface area contributed by atoms with E-state index in [4.69, 9.17) is 9.47 Å². The number of aryl methyl sites for hydroxylation is 1. The fraction of sp³-hybridized carbons (Fsp3) is 0.375. The molecule has 3 amide bonds. The van der Waals surface area contributed by atoms with Gasteiger partial charge in [0.1, 0.15) is 5.75 Å². The minimum atomic E-state index is -0.369. The molecule has 170 valence electrons. The van der Waals surface area contributed by atoms with Crippen molar-refractivity contribution in [3.63, 3.8) is 0 Å². The molecule has 0 aromatic heterocycles. The third-order valence-electron chi connectivity index (χ3n) is 5.17. The number of methoxy groups -OCH3 is 1. The van der Waals surface area contributed by atoms with Crippen molar-refractivity contribution in [3.05, 3.63) is 54.1 Å². The Balaban J connectivity index is 1.47. The molecule has 3 rings (SSSR count). The van der Waals surface area contributed by atoms with Gasteiger partial charge < -0.3 is 25.0 Å². The number of nitrogens with zero attached hydrogens (tertiary/aromatic N) is 1. The van der Waals surface area contributed by atoms with Crippen LogP contribution in [0.25, 0.3) is 0 Å². The van der Waals surface area contributed by atoms with Gasteiger partial charge in [0, 0.05) is 44.6 Å². The van der Waals surface area contributed by atoms with E-state index in [2.05, 4.69) is 10.6 Å². The Kier molecular flexibility index (Phi) is 8.21. The third kappa shape index (κ3) is 6.55. The number of carbonyl (C=O) groups excluding carboxylic acids is 3. The van der Waals surface area contributed by atoms with E-state index in [0.717, 1.165) is 12.0 Å². The highest BCUT2D eigenvalue weighted by molar-refractivity contribution is 6.00. The standard InChI is InChI=1S/C24H29N3O5/c1-17-4-6-19(7-5-17)26-22(28)16-32-21-10-8-20(9-11-21)27-15-18(14-23(27)29)24(30)25-12-3-13-31-2/h4-11,18H,3,12-16H2,1-2H3,(H,25,30)(H,26,28)/t18-/m1/s1. The average Bonchev–Trinajstić information content (AvgIpc) is 3.19. The molecule has 0 saturated carbocycles. The lowest BCUT2D eigenvalue weighted by Crippen LogP contribution is -2.33. The summed E-state index contributed by atoms with van der Waals surface area (Å²) in [6, 6.07) is 14.4. The first-order valence-corrected chi connectivity index (χ1v) is 10.6. The number of ether oxygens (including phenoxy) is 2. The van der Waals surface area contributed by atoms with Crippen molar-refractivity contribution in [1.82, 2.24) is 5.32 Å². The van der Waals surface area contributed by atoms with Crippen LogP contribution in [0.1, 0.15) is 18.4 Å². The summed E-state index contributed by atoms with van der Waals surface area (Å²) in [5, 5.41) is 5.63. The van der Waals surface area contributed by atoms with Crippen LogP contribution in [-0.2, 0) is 19.1 Å². The Morgan fingerprint density at radius 1 is 1.09 bits per heavy atom. The minimum Gasteiger partial charge on any atom is -0.484 e. The van der Waals surface area contributed by atoms with E-state index in [1.807, 2.05) is 31.2 Å². The van der Waals surface area contributed by atoms with Crippen LogP contribution in [-0.4, -0.2) is 51.1 Å². The van der Waals surface area contributed by atoms with Gasteiger partial charge in [0.25, 0.3) is 5.91 Å². The Labute approximate surface area is 187 Å². The van der Waals surface area contributed by atoms with Crippen molar-refractivity contribution >= 4 is 29.1 Å². The van der Waals surface area contributed by atoms with E-state index in [1.54, 1.807) is 36.3 Å². The number of amides is 3. The molecule has 2 aromatic rings. The number of nitrogens with one attached hydrogen (secondary N) is 2. The van der Waals surface area contributed by atoms with Crippen molar-refractivity contribution in [2.45, 2.75) is 19.8 Å². The molecule has 1 saturated heterocycles. The summed E-state index contributed by atoms with van der Waals surface area (Å²) in [5.74, 6) is -0.310. The summed E-state index contributed by atoms with van der Waals surface area (Å²) in [5.41, 5.74) is 2.52. The monoisotopic (exact) mass is 439 g/mol. The van der Waals surface area contributed by atoms with Crippen LogP contribution in [0.4, 0.5) is 11.4 Å². The average molecular weight is 440 g/mol. The Morgan fingerprint density at radius 2 is 1.81 bits per heavy atom. The molecule has 1 aliphatic heterocycles. The lowest BCUT2D eigenvalue weighted by atomic mass is 10.1. The molecule has 0 aliphatic carbocycles. The number of anilines is 2. The van der Waals surface area contributed by atoms with Crippen LogP contribution in [0, 0.1) is 12.8 Å². The van der Waals surface area contributed by atoms with Gasteiger partial charge in [-0.15, -0.1) is 0 Å². The molecule has 0 bridgehead atoms. The second kappa shape index (κ2) is 11.3. The molecule has 8 heteroatoms. The van der Waals surface area contributed by atoms with E-state index in [9.17, 15) is 14.4 Å². The van der Waals surface area contributed by atoms with E-state index >= 15 is 0 Å². The summed E-state index contributed by atoms with van der Waals surface area (Å²) in [7, 11) is 1.62. The molecule has 1 atom stereocenters. The molecular formula is C24H29N3O5. The first-order valence-electron chi connectivity index (χ1n) is 10.6. The first kappa shape index (κ1) is 23.3. The molecule has 32 heavy (non-hydrogen) atoms. The molecule has 1 heterocycles. The molecular weight excluding hydrogens is 410 g/mol. The Morgan fingerprint density at radius 3 is 2.50 bits per heavy atom. The summed E-state index contributed by atoms with van der Waals surface area (Å²) < 4.78 is 10.5. The van der Waals surface area contributed by atoms with Gasteiger partial charge in [-0.05, 0) is 49.7 Å². The fourth-order valence-electron chi connectivity index (χ4n) is 3.41. The van der Waals surface area contributed by atoms with Crippen molar-refractivity contribution in [2.75, 3.05) is 43.6 Å². The van der Waals surface area contributed by atoms with Gasteiger partial charge in [-0.1, -0.05) is 17.7 Å². The van der Waals surface area contributed by atoms with E-state index in [0.29, 0.717) is 36.8 Å². The topological polar surface area (TPSA) is 97.0 Å². The molecule has 1 aliphatic rings. The molecule has 0 unspecified atom stereocenters. The predicted molar refractivity (Wildman–Crippen MR) is 122 cm³/mol. The largest absolute Gasteiger partial charge is 0.484 e. The maximum Gasteiger partial charge on any atom is 0.262 e. The maximum atomic E-state index is 12.4. The Hall–Kier alpha value is -3.39. The van der Waals surface area contributed by atoms with Gasteiger partial charge in [0.15, 0.2) is 6.61 Å². The first-order chi connectivity index (χ1) is 15.5. The van der Waals surface area contributed by atoms with Gasteiger partial charge in [-0.2, -0.15) is 0 Å². The lowest BCUT2D eigenvalue weighted by molar-refractivity contribution is -0.126. The normalized spacial score (nSPS) is 15.5. The molecule has 2 aromatic carbocycles. The lowest BCUT2D eigenvalue weighted by Gasteiger charge is -2.17. The van der Waals surface area contributed by atoms with Crippen molar-refractivity contribution < 1.29 is 23.9 Å². The van der Waals surface area contributed by atoms with Crippen LogP contribution in [0.5, 0.6) is 5.75 Å². The molecule has 0 radical (unpaired) electrons. The van der Waals surface area contributed by atoms with Gasteiger partial charge in [0.2, 0.25) is 11.8 Å². The maximum absolute atomic E-state index is 12.4. The molecule has 2 N–H and O–H groups in total. The van der Waals surface area contributed by atoms with Crippen molar-refractivity contribution in [1.29, 1.82) is 0 Å². The quantitative estimate of drug-likeness (QED) is 0.555. The number of carbonyl (C=O) groups is 3. The number of hydrogen-bond acceptors (Lipinski definition) is 5. The Bertz CT molecular complexity index is 928. The SMILES string of the molecule is COCCCNC(=O)[C@@H]1CC(=O)N(c2ccc(OCC(=O)Nc3ccc(C)cc3)cc2)C1. The van der Waals surface area contributed by atoms with E-state index in [-0.39, 0.29) is 36.7 Å². The van der Waals surface area contributed by atoms with Gasteiger partial charge in [-0.3, -0.25) is 14.4 Å². The highest BCUT2D eigenvalue weighted by Gasteiger charge is 2.34. The zero-order valence-electron chi connectivity index (χ0n) is 18.4. The van der Waals surface area contributed by atoms with Crippen molar-refractivity contribution in [3.8, 4) is 5.75 Å². The molecule has 0 spiro atoms. The highest BCUT2D eigenvalue weighted by atomic mass is 16.5. The minimum absolute atomic E-state index is 0.0896. The summed E-state index contributed by atoms with van der Waals surface area (Å²) >= 11 is 0. The molecule has 8 nitrogen and oxygen atoms in total. The third-order valence-corrected chi connectivity index (χ3v) is 5.17. The van der Waals surface area contributed by atoms with Crippen LogP contribution >= 0.6 is 0 Å². The van der Waals surface area contributed by atoms with Crippen LogP contribution in [0.3, 0.4) is 0 Å². The predicted octanol–water partition coefficient (Wildman–Crippen LogP) is 2.52. The van der Waals surface area contributed by atoms with E-state index in [1.165, 1.54) is 0 Å². The highest BCUT2D eigenvalue weighted by Crippen LogP contribution is 2.27. The number of benzene rings is 2. The zero-order valence-corrected chi connectivity index (χ0v) is 18.4. The second-order valence-corrected chi connectivity index (χ2v) is 7.74.